The molecule has 0 saturated heterocycles. The minimum absolute atomic E-state index is 0.0586. The third-order valence-corrected chi connectivity index (χ3v) is 3.26. The van der Waals surface area contributed by atoms with Gasteiger partial charge in [0.2, 0.25) is 0 Å². The average Bonchev–Trinajstić information content (AvgIpc) is 2.41. The second kappa shape index (κ2) is 6.38. The van der Waals surface area contributed by atoms with Gasteiger partial charge >= 0.3 is 0 Å². The molecule has 0 atom stereocenters. The number of carbonyl (C=O) groups is 1. The summed E-state index contributed by atoms with van der Waals surface area (Å²) in [4.78, 5) is 11.9. The van der Waals surface area contributed by atoms with Gasteiger partial charge in [-0.15, -0.1) is 0 Å². The zero-order valence-corrected chi connectivity index (χ0v) is 12.0. The van der Waals surface area contributed by atoms with Crippen LogP contribution in [0.25, 0.3) is 0 Å². The van der Waals surface area contributed by atoms with E-state index in [0.29, 0.717) is 12.1 Å². The lowest BCUT2D eigenvalue weighted by Gasteiger charge is -2.06. The van der Waals surface area contributed by atoms with Crippen LogP contribution >= 0.6 is 15.9 Å². The number of anilines is 1. The highest BCUT2D eigenvalue weighted by molar-refractivity contribution is 9.10. The van der Waals surface area contributed by atoms with Gasteiger partial charge in [-0.1, -0.05) is 34.1 Å². The van der Waals surface area contributed by atoms with E-state index in [4.69, 9.17) is 5.73 Å². The Morgan fingerprint density at radius 1 is 1.16 bits per heavy atom. The summed E-state index contributed by atoms with van der Waals surface area (Å²) in [5, 5.41) is 2.90. The van der Waals surface area contributed by atoms with Crippen molar-refractivity contribution in [3.8, 4) is 0 Å². The number of amides is 1. The van der Waals surface area contributed by atoms with Crippen LogP contribution in [-0.2, 0) is 6.42 Å². The molecular weight excluding hydrogens is 304 g/mol. The fraction of sp³-hybridized carbons (Fsp3) is 0.133. The lowest BCUT2D eigenvalue weighted by molar-refractivity contribution is 0.0954. The van der Waals surface area contributed by atoms with Crippen LogP contribution in [0.2, 0.25) is 0 Å². The van der Waals surface area contributed by atoms with Crippen molar-refractivity contribution in [2.45, 2.75) is 6.42 Å². The van der Waals surface area contributed by atoms with Crippen molar-refractivity contribution < 1.29 is 4.79 Å². The molecule has 19 heavy (non-hydrogen) atoms. The zero-order valence-electron chi connectivity index (χ0n) is 10.4. The van der Waals surface area contributed by atoms with Gasteiger partial charge in [-0.3, -0.25) is 4.79 Å². The highest BCUT2D eigenvalue weighted by atomic mass is 79.9. The predicted molar refractivity (Wildman–Crippen MR) is 81.0 cm³/mol. The quantitative estimate of drug-likeness (QED) is 0.851. The number of nitrogens with two attached hydrogens (primary N) is 1. The Morgan fingerprint density at radius 2 is 1.89 bits per heavy atom. The number of rotatable bonds is 4. The number of nitrogen functional groups attached to an aromatic ring is 1. The van der Waals surface area contributed by atoms with Gasteiger partial charge < -0.3 is 11.1 Å². The third kappa shape index (κ3) is 4.10. The molecule has 0 aliphatic carbocycles. The SMILES string of the molecule is Nc1ccc(CCNC(=O)c2cccc(Br)c2)cc1. The largest absolute Gasteiger partial charge is 0.399 e. The molecule has 0 spiro atoms. The number of hydrogen-bond acceptors (Lipinski definition) is 2. The van der Waals surface area contributed by atoms with Crippen molar-refractivity contribution in [3.63, 3.8) is 0 Å². The van der Waals surface area contributed by atoms with Crippen LogP contribution in [0.15, 0.2) is 53.0 Å². The van der Waals surface area contributed by atoms with Gasteiger partial charge in [0.05, 0.1) is 0 Å². The minimum atomic E-state index is -0.0586. The molecule has 0 bridgehead atoms. The Balaban J connectivity index is 1.86. The van der Waals surface area contributed by atoms with Crippen LogP contribution in [0.1, 0.15) is 15.9 Å². The van der Waals surface area contributed by atoms with Crippen LogP contribution in [0.4, 0.5) is 5.69 Å². The summed E-state index contributed by atoms with van der Waals surface area (Å²) in [5.41, 5.74) is 8.19. The zero-order chi connectivity index (χ0) is 13.7. The Morgan fingerprint density at radius 3 is 2.58 bits per heavy atom. The van der Waals surface area contributed by atoms with Crippen molar-refractivity contribution in [2.75, 3.05) is 12.3 Å². The van der Waals surface area contributed by atoms with E-state index in [9.17, 15) is 4.79 Å². The van der Waals surface area contributed by atoms with E-state index in [0.717, 1.165) is 22.1 Å². The summed E-state index contributed by atoms with van der Waals surface area (Å²) in [6.07, 6.45) is 0.792. The van der Waals surface area contributed by atoms with Crippen molar-refractivity contribution in [1.29, 1.82) is 0 Å². The predicted octanol–water partition coefficient (Wildman–Crippen LogP) is 3.00. The molecule has 2 rings (SSSR count). The maximum absolute atomic E-state index is 11.9. The molecule has 0 aliphatic heterocycles. The summed E-state index contributed by atoms with van der Waals surface area (Å²) in [7, 11) is 0. The average molecular weight is 319 g/mol. The van der Waals surface area contributed by atoms with E-state index >= 15 is 0 Å². The summed E-state index contributed by atoms with van der Waals surface area (Å²) < 4.78 is 0.902. The molecule has 0 radical (unpaired) electrons. The molecule has 0 heterocycles. The fourth-order valence-corrected chi connectivity index (χ4v) is 2.14. The molecule has 3 nitrogen and oxygen atoms in total. The summed E-state index contributed by atoms with van der Waals surface area (Å²) in [6, 6.07) is 15.0. The van der Waals surface area contributed by atoms with E-state index in [-0.39, 0.29) is 5.91 Å². The van der Waals surface area contributed by atoms with Crippen LogP contribution in [0.3, 0.4) is 0 Å². The molecule has 2 aromatic rings. The Bertz CT molecular complexity index is 567. The molecule has 0 saturated carbocycles. The van der Waals surface area contributed by atoms with Gasteiger partial charge in [0.1, 0.15) is 0 Å². The molecule has 4 heteroatoms. The first-order valence-corrected chi connectivity index (χ1v) is 6.82. The fourth-order valence-electron chi connectivity index (χ4n) is 1.74. The van der Waals surface area contributed by atoms with E-state index in [1.165, 1.54) is 0 Å². The van der Waals surface area contributed by atoms with Crippen molar-refractivity contribution in [1.82, 2.24) is 5.32 Å². The van der Waals surface area contributed by atoms with E-state index < -0.39 is 0 Å². The third-order valence-electron chi connectivity index (χ3n) is 2.77. The van der Waals surface area contributed by atoms with Gasteiger partial charge in [-0.2, -0.15) is 0 Å². The number of carbonyl (C=O) groups excluding carboxylic acids is 1. The molecule has 0 aliphatic rings. The van der Waals surface area contributed by atoms with Crippen LogP contribution in [-0.4, -0.2) is 12.5 Å². The molecule has 98 valence electrons. The molecule has 2 aromatic carbocycles. The molecule has 1 amide bonds. The van der Waals surface area contributed by atoms with E-state index in [1.807, 2.05) is 36.4 Å². The first-order valence-electron chi connectivity index (χ1n) is 6.03. The Hall–Kier alpha value is -1.81. The summed E-state index contributed by atoms with van der Waals surface area (Å²) in [5.74, 6) is -0.0586. The Labute approximate surface area is 121 Å². The second-order valence-corrected chi connectivity index (χ2v) is 5.17. The van der Waals surface area contributed by atoms with Gasteiger partial charge in [0.15, 0.2) is 0 Å². The first-order chi connectivity index (χ1) is 9.15. The van der Waals surface area contributed by atoms with Gasteiger partial charge in [-0.05, 0) is 42.3 Å². The number of hydrogen-bond donors (Lipinski definition) is 2. The maximum atomic E-state index is 11.9. The van der Waals surface area contributed by atoms with Gasteiger partial charge in [-0.25, -0.2) is 0 Å². The lowest BCUT2D eigenvalue weighted by Crippen LogP contribution is -2.25. The van der Waals surface area contributed by atoms with Gasteiger partial charge in [0.25, 0.3) is 5.91 Å². The lowest BCUT2D eigenvalue weighted by atomic mass is 10.1. The van der Waals surface area contributed by atoms with Crippen LogP contribution in [0.5, 0.6) is 0 Å². The van der Waals surface area contributed by atoms with Gasteiger partial charge in [0, 0.05) is 22.3 Å². The normalized spacial score (nSPS) is 10.2. The smallest absolute Gasteiger partial charge is 0.251 e. The maximum Gasteiger partial charge on any atom is 0.251 e. The minimum Gasteiger partial charge on any atom is -0.399 e. The topological polar surface area (TPSA) is 55.1 Å². The molecule has 0 aromatic heterocycles. The number of halogens is 1. The summed E-state index contributed by atoms with van der Waals surface area (Å²) >= 11 is 3.35. The summed E-state index contributed by atoms with van der Waals surface area (Å²) in [6.45, 7) is 0.606. The van der Waals surface area contributed by atoms with Crippen molar-refractivity contribution in [3.05, 3.63) is 64.1 Å². The standard InChI is InChI=1S/C15H15BrN2O/c16-13-3-1-2-12(10-13)15(19)18-9-8-11-4-6-14(17)7-5-11/h1-7,10H,8-9,17H2,(H,18,19). The van der Waals surface area contributed by atoms with Crippen molar-refractivity contribution in [2.24, 2.45) is 0 Å². The molecular formula is C15H15BrN2O. The highest BCUT2D eigenvalue weighted by Gasteiger charge is 2.04. The van der Waals surface area contributed by atoms with Crippen LogP contribution in [0, 0.1) is 0 Å². The van der Waals surface area contributed by atoms with E-state index in [2.05, 4.69) is 21.2 Å². The number of benzene rings is 2. The molecule has 3 N–H and O–H groups in total. The second-order valence-electron chi connectivity index (χ2n) is 4.26. The van der Waals surface area contributed by atoms with E-state index in [1.54, 1.807) is 12.1 Å². The highest BCUT2D eigenvalue weighted by Crippen LogP contribution is 2.11. The monoisotopic (exact) mass is 318 g/mol. The molecule has 0 fully saturated rings. The molecule has 0 unspecified atom stereocenters. The Kier molecular flexibility index (Phi) is 4.58. The van der Waals surface area contributed by atoms with Crippen LogP contribution < -0.4 is 11.1 Å². The number of nitrogens with one attached hydrogen (secondary N) is 1. The van der Waals surface area contributed by atoms with Crippen molar-refractivity contribution >= 4 is 27.5 Å². The first kappa shape index (κ1) is 13.6.